The minimum absolute atomic E-state index is 0.218. The van der Waals surface area contributed by atoms with Crippen molar-refractivity contribution in [1.82, 2.24) is 14.8 Å². The van der Waals surface area contributed by atoms with Crippen LogP contribution < -0.4 is 4.90 Å². The third-order valence-electron chi connectivity index (χ3n) is 3.55. The van der Waals surface area contributed by atoms with Crippen molar-refractivity contribution in [2.24, 2.45) is 5.92 Å². The Balaban J connectivity index is 1.74. The van der Waals surface area contributed by atoms with Crippen molar-refractivity contribution >= 4 is 23.4 Å². The van der Waals surface area contributed by atoms with E-state index in [1.807, 2.05) is 0 Å². The molecule has 21 heavy (non-hydrogen) atoms. The first-order valence-electron chi connectivity index (χ1n) is 7.24. The van der Waals surface area contributed by atoms with Crippen LogP contribution in [0.2, 0.25) is 0 Å². The topological polar surface area (TPSA) is 34.0 Å². The van der Waals surface area contributed by atoms with Crippen LogP contribution in [0.4, 0.5) is 16.0 Å². The summed E-state index contributed by atoms with van der Waals surface area (Å²) in [4.78, 5) is 2.08. The lowest BCUT2D eigenvalue weighted by Gasteiger charge is -2.14. The lowest BCUT2D eigenvalue weighted by atomic mass is 10.2. The normalized spacial score (nSPS) is 14.0. The number of benzene rings is 1. The number of aromatic nitrogens is 3. The molecule has 0 radical (unpaired) electrons. The quantitative estimate of drug-likeness (QED) is 0.789. The standard InChI is InChI=1S/C15H19FN4S/c1-11(2)7-10-21-15-18-17-14-19(8-9-20(14)15)13-5-3-12(16)4-6-13/h3-6,11H,7-10H2,1-2H3. The molecule has 2 heterocycles. The smallest absolute Gasteiger partial charge is 0.232 e. The maximum atomic E-state index is 13.0. The Morgan fingerprint density at radius 2 is 1.95 bits per heavy atom. The van der Waals surface area contributed by atoms with E-state index < -0.39 is 0 Å². The van der Waals surface area contributed by atoms with E-state index in [0.29, 0.717) is 5.92 Å². The maximum Gasteiger partial charge on any atom is 0.232 e. The molecule has 3 rings (SSSR count). The van der Waals surface area contributed by atoms with Crippen LogP contribution >= 0.6 is 11.8 Å². The number of hydrogen-bond acceptors (Lipinski definition) is 4. The van der Waals surface area contributed by atoms with Gasteiger partial charge in [0.05, 0.1) is 0 Å². The summed E-state index contributed by atoms with van der Waals surface area (Å²) in [5.74, 6) is 2.40. The fraction of sp³-hybridized carbons (Fsp3) is 0.467. The molecule has 1 aromatic heterocycles. The van der Waals surface area contributed by atoms with Crippen molar-refractivity contribution in [3.05, 3.63) is 30.1 Å². The highest BCUT2D eigenvalue weighted by Crippen LogP contribution is 2.32. The molecule has 0 saturated heterocycles. The van der Waals surface area contributed by atoms with Crippen LogP contribution in [0.1, 0.15) is 20.3 Å². The third kappa shape index (κ3) is 3.05. The number of rotatable bonds is 5. The Morgan fingerprint density at radius 1 is 1.19 bits per heavy atom. The number of thioether (sulfide) groups is 1. The molecule has 4 nitrogen and oxygen atoms in total. The number of hydrogen-bond donors (Lipinski definition) is 0. The number of halogens is 1. The lowest BCUT2D eigenvalue weighted by Crippen LogP contribution is -2.14. The van der Waals surface area contributed by atoms with Crippen molar-refractivity contribution in [2.45, 2.75) is 32.0 Å². The summed E-state index contributed by atoms with van der Waals surface area (Å²) < 4.78 is 15.2. The van der Waals surface area contributed by atoms with E-state index in [-0.39, 0.29) is 5.82 Å². The molecule has 0 atom stereocenters. The molecule has 6 heteroatoms. The Morgan fingerprint density at radius 3 is 2.67 bits per heavy atom. The fourth-order valence-electron chi connectivity index (χ4n) is 2.33. The highest BCUT2D eigenvalue weighted by atomic mass is 32.2. The first-order chi connectivity index (χ1) is 10.1. The zero-order chi connectivity index (χ0) is 14.8. The summed E-state index contributed by atoms with van der Waals surface area (Å²) in [5, 5.41) is 9.57. The van der Waals surface area contributed by atoms with Crippen LogP contribution in [0.5, 0.6) is 0 Å². The molecule has 0 unspecified atom stereocenters. The summed E-state index contributed by atoms with van der Waals surface area (Å²) in [6.07, 6.45) is 1.18. The summed E-state index contributed by atoms with van der Waals surface area (Å²) in [5.41, 5.74) is 0.960. The van der Waals surface area contributed by atoms with Gasteiger partial charge < -0.3 is 4.90 Å². The predicted molar refractivity (Wildman–Crippen MR) is 83.6 cm³/mol. The van der Waals surface area contributed by atoms with Gasteiger partial charge in [0.25, 0.3) is 0 Å². The van der Waals surface area contributed by atoms with Gasteiger partial charge >= 0.3 is 0 Å². The van der Waals surface area contributed by atoms with E-state index in [0.717, 1.165) is 35.6 Å². The van der Waals surface area contributed by atoms with Gasteiger partial charge in [-0.2, -0.15) is 0 Å². The van der Waals surface area contributed by atoms with E-state index >= 15 is 0 Å². The van der Waals surface area contributed by atoms with Gasteiger partial charge in [0.15, 0.2) is 5.16 Å². The lowest BCUT2D eigenvalue weighted by molar-refractivity contribution is 0.627. The Hall–Kier alpha value is -1.56. The van der Waals surface area contributed by atoms with Crippen LogP contribution in [0.15, 0.2) is 29.4 Å². The van der Waals surface area contributed by atoms with Crippen LogP contribution in [0.25, 0.3) is 0 Å². The Labute approximate surface area is 128 Å². The molecule has 2 aromatic rings. The van der Waals surface area contributed by atoms with E-state index in [1.54, 1.807) is 23.9 Å². The minimum atomic E-state index is -0.218. The van der Waals surface area contributed by atoms with Crippen molar-refractivity contribution in [3.63, 3.8) is 0 Å². The third-order valence-corrected chi connectivity index (χ3v) is 4.55. The molecule has 1 aliphatic rings. The molecule has 0 N–H and O–H groups in total. The number of nitrogens with zero attached hydrogens (tertiary/aromatic N) is 4. The van der Waals surface area contributed by atoms with Gasteiger partial charge in [0, 0.05) is 24.5 Å². The highest BCUT2D eigenvalue weighted by molar-refractivity contribution is 7.99. The molecule has 0 fully saturated rings. The van der Waals surface area contributed by atoms with Crippen molar-refractivity contribution < 1.29 is 4.39 Å². The molecule has 1 aromatic carbocycles. The summed E-state index contributed by atoms with van der Waals surface area (Å²) in [6.45, 7) is 6.19. The SMILES string of the molecule is CC(C)CCSc1nnc2n1CCN2c1ccc(F)cc1. The van der Waals surface area contributed by atoms with E-state index in [4.69, 9.17) is 0 Å². The zero-order valence-corrected chi connectivity index (χ0v) is 13.1. The largest absolute Gasteiger partial charge is 0.309 e. The average molecular weight is 306 g/mol. The molecule has 112 valence electrons. The second kappa shape index (κ2) is 6.05. The molecular weight excluding hydrogens is 287 g/mol. The second-order valence-electron chi connectivity index (χ2n) is 5.59. The monoisotopic (exact) mass is 306 g/mol. The van der Waals surface area contributed by atoms with Gasteiger partial charge in [-0.25, -0.2) is 4.39 Å². The van der Waals surface area contributed by atoms with Crippen molar-refractivity contribution in [1.29, 1.82) is 0 Å². The van der Waals surface area contributed by atoms with Crippen molar-refractivity contribution in [2.75, 3.05) is 17.2 Å². The van der Waals surface area contributed by atoms with E-state index in [9.17, 15) is 4.39 Å². The molecule has 1 aliphatic heterocycles. The van der Waals surface area contributed by atoms with E-state index in [1.165, 1.54) is 18.6 Å². The summed E-state index contributed by atoms with van der Waals surface area (Å²) in [7, 11) is 0. The fourth-order valence-corrected chi connectivity index (χ4v) is 3.53. The molecular formula is C15H19FN4S. The summed E-state index contributed by atoms with van der Waals surface area (Å²) in [6, 6.07) is 6.52. The molecule has 0 aliphatic carbocycles. The first kappa shape index (κ1) is 14.4. The zero-order valence-electron chi connectivity index (χ0n) is 12.3. The summed E-state index contributed by atoms with van der Waals surface area (Å²) >= 11 is 1.76. The number of anilines is 2. The molecule has 0 bridgehead atoms. The highest BCUT2D eigenvalue weighted by Gasteiger charge is 2.25. The van der Waals surface area contributed by atoms with Crippen LogP contribution in [-0.4, -0.2) is 27.1 Å². The van der Waals surface area contributed by atoms with Crippen LogP contribution in [0.3, 0.4) is 0 Å². The van der Waals surface area contributed by atoms with Gasteiger partial charge in [-0.05, 0) is 36.6 Å². The predicted octanol–water partition coefficient (Wildman–Crippen LogP) is 3.71. The van der Waals surface area contributed by atoms with Crippen LogP contribution in [-0.2, 0) is 6.54 Å². The Kier molecular flexibility index (Phi) is 4.14. The van der Waals surface area contributed by atoms with Gasteiger partial charge in [-0.1, -0.05) is 25.6 Å². The average Bonchev–Trinajstić information content (AvgIpc) is 3.02. The second-order valence-corrected chi connectivity index (χ2v) is 6.66. The molecule has 0 amide bonds. The van der Waals surface area contributed by atoms with Gasteiger partial charge in [-0.3, -0.25) is 4.57 Å². The van der Waals surface area contributed by atoms with Gasteiger partial charge in [-0.15, -0.1) is 10.2 Å². The van der Waals surface area contributed by atoms with Gasteiger partial charge in [0.2, 0.25) is 5.95 Å². The van der Waals surface area contributed by atoms with Crippen molar-refractivity contribution in [3.8, 4) is 0 Å². The van der Waals surface area contributed by atoms with Crippen LogP contribution in [0, 0.1) is 11.7 Å². The minimum Gasteiger partial charge on any atom is -0.309 e. The maximum absolute atomic E-state index is 13.0. The molecule has 0 spiro atoms. The number of fused-ring (bicyclic) bond motifs is 1. The van der Waals surface area contributed by atoms with E-state index in [2.05, 4.69) is 33.5 Å². The Bertz CT molecular complexity index is 609. The van der Waals surface area contributed by atoms with Gasteiger partial charge in [0.1, 0.15) is 5.82 Å². The molecule has 0 saturated carbocycles. The first-order valence-corrected chi connectivity index (χ1v) is 8.23.